The summed E-state index contributed by atoms with van der Waals surface area (Å²) in [6.07, 6.45) is 8.29. The van der Waals surface area contributed by atoms with E-state index < -0.39 is 5.91 Å². The molecule has 192 valence electrons. The first kappa shape index (κ1) is 26.9. The lowest BCUT2D eigenvalue weighted by atomic mass is 9.78. The SMILES string of the molecule is CC.C[C@@H](CC1CCC1)c1n[nH]c(=O)c2ccccc12.NC(=O)c1cnn2cc(OCCO)ccc12. The van der Waals surface area contributed by atoms with Crippen LogP contribution in [-0.2, 0) is 0 Å². The van der Waals surface area contributed by atoms with E-state index in [0.717, 1.165) is 22.4 Å². The highest BCUT2D eigenvalue weighted by Gasteiger charge is 2.22. The number of hydrogen-bond donors (Lipinski definition) is 3. The second-order valence-electron chi connectivity index (χ2n) is 8.61. The number of aromatic amines is 1. The molecule has 36 heavy (non-hydrogen) atoms. The Morgan fingerprint density at radius 2 is 1.94 bits per heavy atom. The lowest BCUT2D eigenvalue weighted by Gasteiger charge is -2.28. The molecular formula is C27H35N5O4. The van der Waals surface area contributed by atoms with E-state index in [2.05, 4.69) is 22.2 Å². The molecule has 1 aromatic carbocycles. The minimum atomic E-state index is -0.515. The van der Waals surface area contributed by atoms with E-state index in [1.54, 1.807) is 18.3 Å². The Kier molecular flexibility index (Phi) is 9.58. The first-order valence-electron chi connectivity index (χ1n) is 12.5. The summed E-state index contributed by atoms with van der Waals surface area (Å²) in [5, 5.41) is 21.3. The number of rotatable bonds is 7. The van der Waals surface area contributed by atoms with Gasteiger partial charge in [-0.05, 0) is 30.5 Å². The van der Waals surface area contributed by atoms with Gasteiger partial charge in [0.15, 0.2) is 0 Å². The molecular weight excluding hydrogens is 458 g/mol. The number of H-pyrrole nitrogens is 1. The average molecular weight is 494 g/mol. The fraction of sp³-hybridized carbons (Fsp3) is 0.407. The van der Waals surface area contributed by atoms with Gasteiger partial charge >= 0.3 is 0 Å². The van der Waals surface area contributed by atoms with Crippen LogP contribution in [0.3, 0.4) is 0 Å². The van der Waals surface area contributed by atoms with Crippen molar-refractivity contribution in [2.24, 2.45) is 11.7 Å². The van der Waals surface area contributed by atoms with Gasteiger partial charge in [0.2, 0.25) is 0 Å². The quantitative estimate of drug-likeness (QED) is 0.355. The van der Waals surface area contributed by atoms with Gasteiger partial charge in [-0.2, -0.15) is 10.2 Å². The van der Waals surface area contributed by atoms with E-state index in [4.69, 9.17) is 15.6 Å². The van der Waals surface area contributed by atoms with Crippen molar-refractivity contribution in [3.8, 4) is 5.75 Å². The molecule has 9 heteroatoms. The summed E-state index contributed by atoms with van der Waals surface area (Å²) in [7, 11) is 0. The van der Waals surface area contributed by atoms with Gasteiger partial charge in [0, 0.05) is 11.3 Å². The van der Waals surface area contributed by atoms with E-state index in [1.165, 1.54) is 36.4 Å². The molecule has 1 aliphatic rings. The molecule has 0 bridgehead atoms. The number of hydrogen-bond acceptors (Lipinski definition) is 6. The van der Waals surface area contributed by atoms with Crippen LogP contribution in [0.2, 0.25) is 0 Å². The first-order chi connectivity index (χ1) is 17.5. The molecule has 0 spiro atoms. The van der Waals surface area contributed by atoms with Gasteiger partial charge in [-0.1, -0.05) is 58.2 Å². The number of amides is 1. The third-order valence-electron chi connectivity index (χ3n) is 6.22. The summed E-state index contributed by atoms with van der Waals surface area (Å²) in [6, 6.07) is 11.1. The second kappa shape index (κ2) is 12.8. The number of aliphatic hydroxyl groups excluding tert-OH is 1. The maximum atomic E-state index is 11.7. The van der Waals surface area contributed by atoms with Crippen LogP contribution < -0.4 is 16.0 Å². The van der Waals surface area contributed by atoms with Crippen molar-refractivity contribution in [1.29, 1.82) is 0 Å². The normalized spacial score (nSPS) is 13.7. The molecule has 1 amide bonds. The zero-order valence-electron chi connectivity index (χ0n) is 21.1. The van der Waals surface area contributed by atoms with Crippen LogP contribution in [0.15, 0.2) is 53.6 Å². The van der Waals surface area contributed by atoms with Crippen molar-refractivity contribution in [3.05, 3.63) is 70.4 Å². The summed E-state index contributed by atoms with van der Waals surface area (Å²) in [6.45, 7) is 6.38. The predicted molar refractivity (Wildman–Crippen MR) is 140 cm³/mol. The monoisotopic (exact) mass is 493 g/mol. The van der Waals surface area contributed by atoms with Gasteiger partial charge in [-0.25, -0.2) is 9.61 Å². The molecule has 1 fully saturated rings. The third kappa shape index (κ3) is 6.28. The van der Waals surface area contributed by atoms with Crippen LogP contribution in [0, 0.1) is 5.92 Å². The minimum Gasteiger partial charge on any atom is -0.490 e. The van der Waals surface area contributed by atoms with Gasteiger partial charge < -0.3 is 15.6 Å². The third-order valence-corrected chi connectivity index (χ3v) is 6.22. The van der Waals surface area contributed by atoms with Crippen LogP contribution in [0.1, 0.15) is 68.4 Å². The molecule has 1 saturated carbocycles. The zero-order chi connectivity index (χ0) is 26.1. The molecule has 5 rings (SSSR count). The molecule has 9 nitrogen and oxygen atoms in total. The maximum Gasteiger partial charge on any atom is 0.272 e. The van der Waals surface area contributed by atoms with Crippen LogP contribution in [0.5, 0.6) is 5.75 Å². The Hall–Kier alpha value is -3.72. The van der Waals surface area contributed by atoms with Crippen molar-refractivity contribution in [3.63, 3.8) is 0 Å². The number of nitrogens with zero attached hydrogens (tertiary/aromatic N) is 3. The van der Waals surface area contributed by atoms with Crippen LogP contribution in [0.4, 0.5) is 0 Å². The minimum absolute atomic E-state index is 0.0519. The van der Waals surface area contributed by atoms with Crippen LogP contribution in [-0.4, -0.2) is 44.0 Å². The van der Waals surface area contributed by atoms with Gasteiger partial charge in [0.05, 0.1) is 41.2 Å². The van der Waals surface area contributed by atoms with Crippen molar-refractivity contribution in [2.75, 3.05) is 13.2 Å². The van der Waals surface area contributed by atoms with E-state index in [9.17, 15) is 9.59 Å². The fourth-order valence-electron chi connectivity index (χ4n) is 4.26. The Bertz CT molecular complexity index is 1340. The zero-order valence-corrected chi connectivity index (χ0v) is 21.1. The number of carbonyl (C=O) groups is 1. The average Bonchev–Trinajstić information content (AvgIpc) is 3.30. The first-order valence-corrected chi connectivity index (χ1v) is 12.5. The molecule has 4 aromatic rings. The number of nitrogens with two attached hydrogens (primary N) is 1. The lowest BCUT2D eigenvalue weighted by molar-refractivity contribution is 0.100. The highest BCUT2D eigenvalue weighted by molar-refractivity contribution is 5.99. The number of ether oxygens (including phenoxy) is 1. The molecule has 0 saturated heterocycles. The Morgan fingerprint density at radius 3 is 2.58 bits per heavy atom. The highest BCUT2D eigenvalue weighted by atomic mass is 16.5. The van der Waals surface area contributed by atoms with Crippen molar-refractivity contribution in [2.45, 2.75) is 52.4 Å². The summed E-state index contributed by atoms with van der Waals surface area (Å²) in [5.41, 5.74) is 7.13. The summed E-state index contributed by atoms with van der Waals surface area (Å²) in [5.74, 6) is 1.32. The van der Waals surface area contributed by atoms with Crippen LogP contribution >= 0.6 is 0 Å². The molecule has 3 heterocycles. The molecule has 1 aliphatic carbocycles. The largest absolute Gasteiger partial charge is 0.490 e. The number of benzene rings is 1. The second-order valence-corrected chi connectivity index (χ2v) is 8.61. The summed E-state index contributed by atoms with van der Waals surface area (Å²) in [4.78, 5) is 22.8. The van der Waals surface area contributed by atoms with Gasteiger partial charge in [-0.15, -0.1) is 0 Å². The molecule has 0 radical (unpaired) electrons. The number of nitrogens with one attached hydrogen (secondary N) is 1. The lowest BCUT2D eigenvalue weighted by Crippen LogP contribution is -2.17. The van der Waals surface area contributed by atoms with E-state index in [0.29, 0.717) is 22.7 Å². The Morgan fingerprint density at radius 1 is 1.22 bits per heavy atom. The molecule has 0 unspecified atom stereocenters. The van der Waals surface area contributed by atoms with E-state index in [1.807, 2.05) is 38.1 Å². The topological polar surface area (TPSA) is 136 Å². The number of pyridine rings is 1. The van der Waals surface area contributed by atoms with Gasteiger partial charge in [-0.3, -0.25) is 9.59 Å². The van der Waals surface area contributed by atoms with Crippen LogP contribution in [0.25, 0.3) is 16.3 Å². The molecule has 4 N–H and O–H groups in total. The smallest absolute Gasteiger partial charge is 0.272 e. The Balaban J connectivity index is 0.000000189. The van der Waals surface area contributed by atoms with Crippen molar-refractivity contribution >= 4 is 22.2 Å². The van der Waals surface area contributed by atoms with Crippen molar-refractivity contribution in [1.82, 2.24) is 19.8 Å². The van der Waals surface area contributed by atoms with E-state index in [-0.39, 0.29) is 18.8 Å². The number of aliphatic hydroxyl groups is 1. The maximum absolute atomic E-state index is 11.7. The molecule has 1 atom stereocenters. The number of carbonyl (C=O) groups excluding carboxylic acids is 1. The van der Waals surface area contributed by atoms with E-state index >= 15 is 0 Å². The molecule has 0 aliphatic heterocycles. The molecule has 3 aromatic heterocycles. The Labute approximate surface area is 210 Å². The summed E-state index contributed by atoms with van der Waals surface area (Å²) < 4.78 is 6.71. The van der Waals surface area contributed by atoms with Gasteiger partial charge in [0.25, 0.3) is 11.5 Å². The van der Waals surface area contributed by atoms with Gasteiger partial charge in [0.1, 0.15) is 12.4 Å². The number of aromatic nitrogens is 4. The summed E-state index contributed by atoms with van der Waals surface area (Å²) >= 11 is 0. The number of primary amides is 1. The van der Waals surface area contributed by atoms with Crippen molar-refractivity contribution < 1.29 is 14.6 Å². The fourth-order valence-corrected chi connectivity index (χ4v) is 4.26. The predicted octanol–water partition coefficient (Wildman–Crippen LogP) is 4.05. The number of fused-ring (bicyclic) bond motifs is 2. The highest BCUT2D eigenvalue weighted by Crippen LogP contribution is 2.36. The standard InChI is InChI=1S/C15H18N2O.C10H11N3O3.C2H6/c1-10(9-11-5-4-6-11)14-12-7-2-3-8-13(12)15(18)17-16-14;11-10(15)8-5-12-13-6-7(16-4-3-14)1-2-9(8)13;1-2/h2-3,7-8,10-11H,4-6,9H2,1H3,(H,17,18);1-2,5-6,14H,3-4H2,(H2,11,15);1-2H3/t10-;;/m0../s1.